The number of ether oxygens (including phenoxy) is 1. The highest BCUT2D eigenvalue weighted by atomic mass is 35.5. The van der Waals surface area contributed by atoms with Gasteiger partial charge in [-0.1, -0.05) is 23.2 Å². The molecule has 0 unspecified atom stereocenters. The zero-order valence-corrected chi connectivity index (χ0v) is 13.6. The van der Waals surface area contributed by atoms with Gasteiger partial charge in [0.15, 0.2) is 5.69 Å². The van der Waals surface area contributed by atoms with Crippen molar-refractivity contribution in [3.8, 4) is 11.3 Å². The molecule has 1 aromatic heterocycles. The summed E-state index contributed by atoms with van der Waals surface area (Å²) in [5.74, 6) is -1.67. The van der Waals surface area contributed by atoms with E-state index in [9.17, 15) is 14.0 Å². The second-order valence-electron chi connectivity index (χ2n) is 4.51. The van der Waals surface area contributed by atoms with Crippen LogP contribution in [0, 0.1) is 5.82 Å². The first-order valence-electron chi connectivity index (χ1n) is 6.35. The molecular weight excluding hydrogens is 346 g/mol. The molecule has 0 aliphatic rings. The molecular formula is C15H11Cl2FN2O3. The highest BCUT2D eigenvalue weighted by molar-refractivity contribution is 6.36. The average molecular weight is 357 g/mol. The second kappa shape index (κ2) is 6.93. The molecule has 0 aliphatic heterocycles. The number of hydrogen-bond acceptors (Lipinski definition) is 4. The Hall–Kier alpha value is -2.18. The van der Waals surface area contributed by atoms with E-state index in [0.717, 1.165) is 6.07 Å². The molecule has 1 aromatic carbocycles. The third kappa shape index (κ3) is 3.78. The summed E-state index contributed by atoms with van der Waals surface area (Å²) in [5.41, 5.74) is 0.603. The Morgan fingerprint density at radius 2 is 1.96 bits per heavy atom. The summed E-state index contributed by atoms with van der Waals surface area (Å²) in [5, 5.41) is 2.54. The van der Waals surface area contributed by atoms with Gasteiger partial charge in [-0.25, -0.2) is 14.2 Å². The van der Waals surface area contributed by atoms with Crippen LogP contribution in [0.2, 0.25) is 10.0 Å². The third-order valence-corrected chi connectivity index (χ3v) is 3.55. The SMILES string of the molecule is COC(=O)c1nc(-c2ccc(F)cc2Cl)cc(NC(C)=O)c1Cl. The fourth-order valence-electron chi connectivity index (χ4n) is 1.88. The molecule has 0 spiro atoms. The smallest absolute Gasteiger partial charge is 0.358 e. The minimum Gasteiger partial charge on any atom is -0.464 e. The zero-order chi connectivity index (χ0) is 17.1. The van der Waals surface area contributed by atoms with Gasteiger partial charge < -0.3 is 10.1 Å². The van der Waals surface area contributed by atoms with Crippen LogP contribution in [0.1, 0.15) is 17.4 Å². The van der Waals surface area contributed by atoms with Crippen LogP contribution in [0.15, 0.2) is 24.3 Å². The van der Waals surface area contributed by atoms with Crippen LogP contribution in [0.4, 0.5) is 10.1 Å². The second-order valence-corrected chi connectivity index (χ2v) is 5.30. The Balaban J connectivity index is 2.67. The number of aromatic nitrogens is 1. The molecule has 2 rings (SSSR count). The maximum atomic E-state index is 13.2. The Labute approximate surface area is 141 Å². The predicted octanol–water partition coefficient (Wildman–Crippen LogP) is 3.94. The highest BCUT2D eigenvalue weighted by Crippen LogP contribution is 2.33. The fraction of sp³-hybridized carbons (Fsp3) is 0.133. The first-order chi connectivity index (χ1) is 10.8. The van der Waals surface area contributed by atoms with E-state index in [0.29, 0.717) is 5.56 Å². The molecule has 23 heavy (non-hydrogen) atoms. The van der Waals surface area contributed by atoms with Crippen molar-refractivity contribution < 1.29 is 18.7 Å². The minimum atomic E-state index is -0.776. The summed E-state index contributed by atoms with van der Waals surface area (Å²) in [6, 6.07) is 5.16. The van der Waals surface area contributed by atoms with E-state index in [1.807, 2.05) is 0 Å². The number of nitrogens with zero attached hydrogens (tertiary/aromatic N) is 1. The lowest BCUT2D eigenvalue weighted by molar-refractivity contribution is -0.114. The molecule has 2 aromatic rings. The van der Waals surface area contributed by atoms with Crippen molar-refractivity contribution in [2.75, 3.05) is 12.4 Å². The minimum absolute atomic E-state index is 0.0611. The number of rotatable bonds is 3. The number of hydrogen-bond donors (Lipinski definition) is 1. The summed E-state index contributed by atoms with van der Waals surface area (Å²) in [6.07, 6.45) is 0. The quantitative estimate of drug-likeness (QED) is 0.845. The van der Waals surface area contributed by atoms with Crippen molar-refractivity contribution in [1.82, 2.24) is 4.98 Å². The van der Waals surface area contributed by atoms with Crippen molar-refractivity contribution >= 4 is 40.8 Å². The van der Waals surface area contributed by atoms with Gasteiger partial charge >= 0.3 is 5.97 Å². The van der Waals surface area contributed by atoms with Gasteiger partial charge in [0, 0.05) is 12.5 Å². The first kappa shape index (κ1) is 17.2. The summed E-state index contributed by atoms with van der Waals surface area (Å²) in [4.78, 5) is 27.2. The number of anilines is 1. The number of benzene rings is 1. The van der Waals surface area contributed by atoms with E-state index in [1.54, 1.807) is 0 Å². The molecule has 0 bridgehead atoms. The predicted molar refractivity (Wildman–Crippen MR) is 85.3 cm³/mol. The molecule has 8 heteroatoms. The van der Waals surface area contributed by atoms with Crippen molar-refractivity contribution in [3.63, 3.8) is 0 Å². The monoisotopic (exact) mass is 356 g/mol. The summed E-state index contributed by atoms with van der Waals surface area (Å²) in [7, 11) is 1.18. The van der Waals surface area contributed by atoms with E-state index in [2.05, 4.69) is 15.0 Å². The lowest BCUT2D eigenvalue weighted by Crippen LogP contribution is -2.12. The molecule has 0 saturated heterocycles. The fourth-order valence-corrected chi connectivity index (χ4v) is 2.36. The lowest BCUT2D eigenvalue weighted by Gasteiger charge is -2.12. The van der Waals surface area contributed by atoms with Crippen molar-refractivity contribution in [2.45, 2.75) is 6.92 Å². The van der Waals surface area contributed by atoms with Crippen molar-refractivity contribution in [3.05, 3.63) is 45.8 Å². The maximum Gasteiger partial charge on any atom is 0.358 e. The van der Waals surface area contributed by atoms with E-state index < -0.39 is 11.8 Å². The van der Waals surface area contributed by atoms with Gasteiger partial charge in [-0.2, -0.15) is 0 Å². The number of halogens is 3. The summed E-state index contributed by atoms with van der Waals surface area (Å²) >= 11 is 12.1. The molecule has 0 aliphatic carbocycles. The van der Waals surface area contributed by atoms with Crippen LogP contribution < -0.4 is 5.32 Å². The molecule has 0 saturated carbocycles. The Bertz CT molecular complexity index is 797. The largest absolute Gasteiger partial charge is 0.464 e. The van der Waals surface area contributed by atoms with Crippen LogP contribution in [-0.2, 0) is 9.53 Å². The molecule has 0 radical (unpaired) electrons. The Kier molecular flexibility index (Phi) is 5.18. The number of carbonyl (C=O) groups excluding carboxylic acids is 2. The maximum absolute atomic E-state index is 13.2. The Morgan fingerprint density at radius 3 is 2.52 bits per heavy atom. The molecule has 0 atom stereocenters. The van der Waals surface area contributed by atoms with E-state index in [1.165, 1.54) is 32.2 Å². The van der Waals surface area contributed by atoms with Crippen LogP contribution in [-0.4, -0.2) is 24.0 Å². The van der Waals surface area contributed by atoms with Gasteiger partial charge in [-0.05, 0) is 24.3 Å². The molecule has 1 N–H and O–H groups in total. The molecule has 120 valence electrons. The Morgan fingerprint density at radius 1 is 1.26 bits per heavy atom. The van der Waals surface area contributed by atoms with Gasteiger partial charge in [0.1, 0.15) is 5.82 Å². The van der Waals surface area contributed by atoms with Gasteiger partial charge in [-0.15, -0.1) is 0 Å². The van der Waals surface area contributed by atoms with Crippen LogP contribution in [0.5, 0.6) is 0 Å². The van der Waals surface area contributed by atoms with E-state index in [-0.39, 0.29) is 33.0 Å². The van der Waals surface area contributed by atoms with E-state index in [4.69, 9.17) is 23.2 Å². The standard InChI is InChI=1S/C15H11Cl2FN2O3/c1-7(21)19-12-6-11(9-4-3-8(18)5-10(9)16)20-14(13(12)17)15(22)23-2/h3-6H,1-2H3,(H,19,20,21). The normalized spacial score (nSPS) is 10.3. The number of methoxy groups -OCH3 is 1. The van der Waals surface area contributed by atoms with Crippen molar-refractivity contribution in [1.29, 1.82) is 0 Å². The first-order valence-corrected chi connectivity index (χ1v) is 7.11. The number of pyridine rings is 1. The van der Waals surface area contributed by atoms with Gasteiger partial charge in [0.25, 0.3) is 0 Å². The zero-order valence-electron chi connectivity index (χ0n) is 12.1. The van der Waals surface area contributed by atoms with E-state index >= 15 is 0 Å². The van der Waals surface area contributed by atoms with Gasteiger partial charge in [0.05, 0.1) is 28.5 Å². The van der Waals surface area contributed by atoms with Crippen LogP contribution in [0.3, 0.4) is 0 Å². The van der Waals surface area contributed by atoms with Gasteiger partial charge in [-0.3, -0.25) is 4.79 Å². The van der Waals surface area contributed by atoms with Crippen molar-refractivity contribution in [2.24, 2.45) is 0 Å². The van der Waals surface area contributed by atoms with Crippen LogP contribution >= 0.6 is 23.2 Å². The lowest BCUT2D eigenvalue weighted by atomic mass is 10.1. The topological polar surface area (TPSA) is 68.3 Å². The summed E-state index contributed by atoms with van der Waals surface area (Å²) < 4.78 is 17.8. The molecule has 0 fully saturated rings. The number of esters is 1. The van der Waals surface area contributed by atoms with Gasteiger partial charge in [0.2, 0.25) is 5.91 Å². The van der Waals surface area contributed by atoms with Crippen LogP contribution in [0.25, 0.3) is 11.3 Å². The molecule has 1 amide bonds. The molecule has 1 heterocycles. The summed E-state index contributed by atoms with van der Waals surface area (Å²) in [6.45, 7) is 1.29. The number of carbonyl (C=O) groups is 2. The molecule has 5 nitrogen and oxygen atoms in total. The number of amides is 1. The average Bonchev–Trinajstić information content (AvgIpc) is 2.48. The highest BCUT2D eigenvalue weighted by Gasteiger charge is 2.20. The number of nitrogens with one attached hydrogen (secondary N) is 1. The third-order valence-electron chi connectivity index (χ3n) is 2.85.